The van der Waals surface area contributed by atoms with Crippen LogP contribution in [0.3, 0.4) is 0 Å². The van der Waals surface area contributed by atoms with Crippen molar-refractivity contribution in [1.29, 1.82) is 0 Å². The van der Waals surface area contributed by atoms with Crippen molar-refractivity contribution >= 4 is 16.9 Å². The lowest BCUT2D eigenvalue weighted by molar-refractivity contribution is 0.0828. The number of H-pyrrole nitrogens is 1. The highest BCUT2D eigenvalue weighted by Crippen LogP contribution is 2.14. The zero-order valence-corrected chi connectivity index (χ0v) is 8.61. The second-order valence-electron chi connectivity index (χ2n) is 3.55. The number of carbonyl (C=O) groups is 1. The van der Waals surface area contributed by atoms with Gasteiger partial charge in [-0.05, 0) is 18.2 Å². The van der Waals surface area contributed by atoms with Crippen LogP contribution in [0.2, 0.25) is 0 Å². The Morgan fingerprint density at radius 2 is 2.20 bits per heavy atom. The summed E-state index contributed by atoms with van der Waals surface area (Å²) in [6.07, 6.45) is 0. The topological polar surface area (TPSA) is 49.0 Å². The number of nitrogens with zero attached hydrogens (tertiary/aromatic N) is 2. The summed E-state index contributed by atoms with van der Waals surface area (Å²) >= 11 is 0. The van der Waals surface area contributed by atoms with Gasteiger partial charge in [-0.15, -0.1) is 0 Å². The van der Waals surface area contributed by atoms with Crippen molar-refractivity contribution in [3.63, 3.8) is 0 Å². The van der Waals surface area contributed by atoms with Gasteiger partial charge >= 0.3 is 0 Å². The normalized spacial score (nSPS) is 10.6. The average Bonchev–Trinajstić information content (AvgIpc) is 2.55. The first-order valence-electron chi connectivity index (χ1n) is 4.55. The smallest absolute Gasteiger partial charge is 0.253 e. The lowest BCUT2D eigenvalue weighted by Crippen LogP contribution is -2.21. The molecule has 1 aromatic carbocycles. The van der Waals surface area contributed by atoms with Crippen molar-refractivity contribution in [2.24, 2.45) is 0 Å². The Hall–Kier alpha value is -1.84. The molecule has 0 aliphatic rings. The molecule has 4 nitrogen and oxygen atoms in total. The minimum absolute atomic E-state index is 0.0370. The second kappa shape index (κ2) is 3.38. The molecule has 2 rings (SSSR count). The molecule has 2 aromatic rings. The predicted molar refractivity (Wildman–Crippen MR) is 57.5 cm³/mol. The average molecular weight is 201 g/mol. The maximum atomic E-state index is 11.7. The van der Waals surface area contributed by atoms with E-state index < -0.39 is 0 Å². The zero-order chi connectivity index (χ0) is 11.0. The highest BCUT2D eigenvalue weighted by atomic mass is 16.2. The van der Waals surface area contributed by atoms with Gasteiger partial charge in [-0.3, -0.25) is 4.79 Å². The molecule has 1 aromatic heterocycles. The van der Waals surface area contributed by atoms with Gasteiger partial charge in [0.05, 0.1) is 11.0 Å². The fourth-order valence-electron chi connectivity index (χ4n) is 1.42. The van der Waals surface area contributed by atoms with Crippen LogP contribution < -0.4 is 0 Å². The quantitative estimate of drug-likeness (QED) is 0.756. The summed E-state index contributed by atoms with van der Waals surface area (Å²) in [7, 11) is 3.43. The van der Waals surface area contributed by atoms with Gasteiger partial charge in [0.2, 0.25) is 0 Å². The molecule has 1 amide bonds. The molecular weight excluding hydrogens is 190 g/mol. The second-order valence-corrected chi connectivity index (χ2v) is 3.55. The lowest BCUT2D eigenvalue weighted by atomic mass is 10.2. The van der Waals surface area contributed by atoms with Crippen molar-refractivity contribution in [2.75, 3.05) is 14.1 Å². The first kappa shape index (κ1) is 9.71. The Labute approximate surface area is 87.9 Å². The molecule has 15 heavy (non-hydrogen) atoms. The number of benzene rings is 1. The third-order valence-corrected chi connectivity index (χ3v) is 2.15. The first-order chi connectivity index (χ1) is 7.08. The van der Waals surface area contributed by atoms with Crippen molar-refractivity contribution in [3.05, 3.63) is 36.5 Å². The third-order valence-electron chi connectivity index (χ3n) is 2.15. The molecule has 0 saturated carbocycles. The fourth-order valence-corrected chi connectivity index (χ4v) is 1.42. The van der Waals surface area contributed by atoms with Crippen LogP contribution >= 0.6 is 0 Å². The lowest BCUT2D eigenvalue weighted by Gasteiger charge is -2.09. The predicted octanol–water partition coefficient (Wildman–Crippen LogP) is 1.32. The Morgan fingerprint density at radius 3 is 2.87 bits per heavy atom. The molecule has 0 saturated heterocycles. The molecule has 0 unspecified atom stereocenters. The minimum Gasteiger partial charge on any atom is -0.345 e. The SMILES string of the molecule is [CH]c1nc2ccc(C(=O)N(C)C)cc2[nH]1. The molecule has 0 aliphatic heterocycles. The fraction of sp³-hybridized carbons (Fsp3) is 0.182. The van der Waals surface area contributed by atoms with E-state index in [0.717, 1.165) is 11.0 Å². The summed E-state index contributed by atoms with van der Waals surface area (Å²) in [5.41, 5.74) is 2.17. The van der Waals surface area contributed by atoms with Gasteiger partial charge in [0.15, 0.2) is 0 Å². The molecule has 4 heteroatoms. The van der Waals surface area contributed by atoms with Crippen LogP contribution in [0.1, 0.15) is 16.2 Å². The standard InChI is InChI=1S/C11H11N3O/c1-7-12-9-5-4-8(6-10(9)13-7)11(15)14(2)3/h1,4-6H,2-3H3,(H,12,13). The Morgan fingerprint density at radius 1 is 1.47 bits per heavy atom. The van der Waals surface area contributed by atoms with E-state index in [1.54, 1.807) is 32.3 Å². The highest BCUT2D eigenvalue weighted by molar-refractivity contribution is 5.97. The first-order valence-corrected chi connectivity index (χ1v) is 4.55. The third kappa shape index (κ3) is 1.70. The minimum atomic E-state index is -0.0370. The maximum absolute atomic E-state index is 11.7. The summed E-state index contributed by atoms with van der Waals surface area (Å²) in [6.45, 7) is 5.51. The van der Waals surface area contributed by atoms with E-state index in [4.69, 9.17) is 6.92 Å². The van der Waals surface area contributed by atoms with E-state index in [2.05, 4.69) is 9.97 Å². The number of imidazole rings is 1. The Balaban J connectivity index is 2.51. The van der Waals surface area contributed by atoms with Gasteiger partial charge in [-0.25, -0.2) is 4.98 Å². The molecule has 0 fully saturated rings. The number of hydrogen-bond acceptors (Lipinski definition) is 2. The largest absolute Gasteiger partial charge is 0.345 e. The van der Waals surface area contributed by atoms with Gasteiger partial charge in [-0.2, -0.15) is 0 Å². The van der Waals surface area contributed by atoms with Gasteiger partial charge < -0.3 is 9.88 Å². The molecule has 0 aliphatic carbocycles. The molecule has 0 bridgehead atoms. The number of carbonyl (C=O) groups excluding carboxylic acids is 1. The van der Waals surface area contributed by atoms with E-state index in [0.29, 0.717) is 11.4 Å². The molecule has 76 valence electrons. The molecule has 2 radical (unpaired) electrons. The summed E-state index contributed by atoms with van der Waals surface area (Å²) in [6, 6.07) is 5.27. The van der Waals surface area contributed by atoms with Gasteiger partial charge in [0.25, 0.3) is 5.91 Å². The molecule has 1 N–H and O–H groups in total. The van der Waals surface area contributed by atoms with Crippen molar-refractivity contribution < 1.29 is 4.79 Å². The summed E-state index contributed by atoms with van der Waals surface area (Å²) in [5.74, 6) is 0.324. The van der Waals surface area contributed by atoms with Gasteiger partial charge in [0.1, 0.15) is 5.82 Å². The van der Waals surface area contributed by atoms with Crippen molar-refractivity contribution in [1.82, 2.24) is 14.9 Å². The van der Waals surface area contributed by atoms with Crippen LogP contribution in [0.15, 0.2) is 18.2 Å². The van der Waals surface area contributed by atoms with Crippen molar-refractivity contribution in [2.45, 2.75) is 0 Å². The van der Waals surface area contributed by atoms with Crippen LogP contribution in [-0.2, 0) is 0 Å². The van der Waals surface area contributed by atoms with E-state index >= 15 is 0 Å². The van der Waals surface area contributed by atoms with Gasteiger partial charge in [0, 0.05) is 26.6 Å². The van der Waals surface area contributed by atoms with Crippen LogP contribution in [0.4, 0.5) is 0 Å². The molecule has 0 spiro atoms. The van der Waals surface area contributed by atoms with Crippen LogP contribution in [0.5, 0.6) is 0 Å². The number of fused-ring (bicyclic) bond motifs is 1. The highest BCUT2D eigenvalue weighted by Gasteiger charge is 2.09. The van der Waals surface area contributed by atoms with E-state index in [-0.39, 0.29) is 5.91 Å². The number of nitrogens with one attached hydrogen (secondary N) is 1. The van der Waals surface area contributed by atoms with Crippen molar-refractivity contribution in [3.8, 4) is 0 Å². The summed E-state index contributed by atoms with van der Waals surface area (Å²) in [4.78, 5) is 20.1. The van der Waals surface area contributed by atoms with Gasteiger partial charge in [-0.1, -0.05) is 0 Å². The molecule has 0 atom stereocenters. The Kier molecular flexibility index (Phi) is 2.19. The van der Waals surface area contributed by atoms with E-state index in [9.17, 15) is 4.79 Å². The number of aromatic nitrogens is 2. The monoisotopic (exact) mass is 201 g/mol. The molecule has 1 heterocycles. The number of amides is 1. The molecular formula is C11H11N3O. The summed E-state index contributed by atoms with van der Waals surface area (Å²) < 4.78 is 0. The maximum Gasteiger partial charge on any atom is 0.253 e. The van der Waals surface area contributed by atoms with Crippen LogP contribution in [0, 0.1) is 6.92 Å². The van der Waals surface area contributed by atoms with E-state index in [1.165, 1.54) is 4.90 Å². The van der Waals surface area contributed by atoms with Crippen LogP contribution in [-0.4, -0.2) is 34.9 Å². The zero-order valence-electron chi connectivity index (χ0n) is 8.61. The number of hydrogen-bond donors (Lipinski definition) is 1. The number of aromatic amines is 1. The Bertz CT molecular complexity index is 514. The number of rotatable bonds is 1. The van der Waals surface area contributed by atoms with Crippen LogP contribution in [0.25, 0.3) is 11.0 Å². The summed E-state index contributed by atoms with van der Waals surface area (Å²) in [5, 5.41) is 0. The van der Waals surface area contributed by atoms with E-state index in [1.807, 2.05) is 0 Å².